The van der Waals surface area contributed by atoms with Gasteiger partial charge >= 0.3 is 0 Å². The summed E-state index contributed by atoms with van der Waals surface area (Å²) in [5.74, 6) is 0.931. The summed E-state index contributed by atoms with van der Waals surface area (Å²) in [6.07, 6.45) is 2.77. The largest absolute Gasteiger partial charge is 0.497 e. The van der Waals surface area contributed by atoms with E-state index in [0.717, 1.165) is 0 Å². The second kappa shape index (κ2) is 6.04. The van der Waals surface area contributed by atoms with Crippen LogP contribution >= 0.6 is 0 Å². The van der Waals surface area contributed by atoms with Crippen molar-refractivity contribution in [2.24, 2.45) is 0 Å². The molecule has 1 aromatic carbocycles. The van der Waals surface area contributed by atoms with E-state index in [1.54, 1.807) is 18.2 Å². The molecule has 7 nitrogen and oxygen atoms in total. The molecule has 2 rings (SSSR count). The number of anilines is 1. The van der Waals surface area contributed by atoms with E-state index < -0.39 is 10.0 Å². The van der Waals surface area contributed by atoms with Crippen molar-refractivity contribution in [3.8, 4) is 11.5 Å². The molecule has 0 spiro atoms. The van der Waals surface area contributed by atoms with Crippen LogP contribution in [0.2, 0.25) is 0 Å². The maximum absolute atomic E-state index is 12.3. The molecule has 0 saturated carbocycles. The first-order chi connectivity index (χ1) is 10.00. The molecule has 0 aliphatic rings. The van der Waals surface area contributed by atoms with Gasteiger partial charge in [-0.15, -0.1) is 0 Å². The number of ether oxygens (including phenoxy) is 2. The number of methoxy groups -OCH3 is 2. The molecule has 1 N–H and O–H groups in total. The van der Waals surface area contributed by atoms with E-state index in [1.165, 1.54) is 31.3 Å². The molecular weight excluding hydrogens is 294 g/mol. The van der Waals surface area contributed by atoms with Crippen molar-refractivity contribution in [2.75, 3.05) is 18.9 Å². The number of aromatic nitrogens is 2. The molecule has 0 atom stereocenters. The lowest BCUT2D eigenvalue weighted by molar-refractivity contribution is 0.405. The van der Waals surface area contributed by atoms with Gasteiger partial charge in [0.25, 0.3) is 10.0 Å². The summed E-state index contributed by atoms with van der Waals surface area (Å²) in [4.78, 5) is 0.0919. The Morgan fingerprint density at radius 3 is 2.62 bits per heavy atom. The zero-order valence-corrected chi connectivity index (χ0v) is 12.8. The zero-order valence-electron chi connectivity index (χ0n) is 12.0. The Hall–Kier alpha value is -2.22. The van der Waals surface area contributed by atoms with Gasteiger partial charge in [0.2, 0.25) is 0 Å². The summed E-state index contributed by atoms with van der Waals surface area (Å²) in [6, 6.07) is 4.87. The van der Waals surface area contributed by atoms with Crippen LogP contribution in [0.3, 0.4) is 0 Å². The first kappa shape index (κ1) is 15.2. The van der Waals surface area contributed by atoms with E-state index >= 15 is 0 Å². The van der Waals surface area contributed by atoms with E-state index in [-0.39, 0.29) is 4.90 Å². The molecule has 0 fully saturated rings. The molecule has 0 radical (unpaired) electrons. The van der Waals surface area contributed by atoms with E-state index in [9.17, 15) is 8.42 Å². The number of sulfonamides is 1. The van der Waals surface area contributed by atoms with Gasteiger partial charge in [0.15, 0.2) is 0 Å². The molecule has 0 unspecified atom stereocenters. The van der Waals surface area contributed by atoms with Gasteiger partial charge in [0.1, 0.15) is 16.4 Å². The predicted molar refractivity (Wildman–Crippen MR) is 78.3 cm³/mol. The van der Waals surface area contributed by atoms with Crippen molar-refractivity contribution in [3.05, 3.63) is 30.6 Å². The number of nitrogens with one attached hydrogen (secondary N) is 1. The summed E-state index contributed by atoms with van der Waals surface area (Å²) in [7, 11) is -0.757. The van der Waals surface area contributed by atoms with Gasteiger partial charge in [-0.25, -0.2) is 8.42 Å². The van der Waals surface area contributed by atoms with Crippen molar-refractivity contribution in [3.63, 3.8) is 0 Å². The van der Waals surface area contributed by atoms with Crippen LogP contribution < -0.4 is 14.2 Å². The van der Waals surface area contributed by atoms with Crippen molar-refractivity contribution in [2.45, 2.75) is 18.4 Å². The third-order valence-corrected chi connectivity index (χ3v) is 4.21. The lowest BCUT2D eigenvalue weighted by Crippen LogP contribution is -2.13. The fourth-order valence-corrected chi connectivity index (χ4v) is 2.77. The van der Waals surface area contributed by atoms with E-state index in [0.29, 0.717) is 23.7 Å². The highest BCUT2D eigenvalue weighted by atomic mass is 32.2. The Morgan fingerprint density at radius 2 is 2.05 bits per heavy atom. The molecule has 0 aliphatic heterocycles. The van der Waals surface area contributed by atoms with Gasteiger partial charge in [-0.2, -0.15) is 5.10 Å². The minimum Gasteiger partial charge on any atom is -0.497 e. The Balaban J connectivity index is 2.35. The molecule has 0 saturated heterocycles. The summed E-state index contributed by atoms with van der Waals surface area (Å²) in [5.41, 5.74) is 0.307. The van der Waals surface area contributed by atoms with Crippen molar-refractivity contribution < 1.29 is 17.9 Å². The average Bonchev–Trinajstić information content (AvgIpc) is 2.96. The summed E-state index contributed by atoms with van der Waals surface area (Å²) in [5, 5.41) is 3.96. The van der Waals surface area contributed by atoms with Crippen LogP contribution in [0.5, 0.6) is 11.5 Å². The minimum absolute atomic E-state index is 0.0919. The number of hydrogen-bond acceptors (Lipinski definition) is 5. The lowest BCUT2D eigenvalue weighted by atomic mass is 10.3. The molecule has 114 valence electrons. The van der Waals surface area contributed by atoms with Gasteiger partial charge in [0, 0.05) is 18.8 Å². The fourth-order valence-electron chi connectivity index (χ4n) is 1.75. The van der Waals surface area contributed by atoms with Gasteiger partial charge in [-0.3, -0.25) is 9.40 Å². The third kappa shape index (κ3) is 3.27. The number of hydrogen-bond donors (Lipinski definition) is 1. The predicted octanol–water partition coefficient (Wildman–Crippen LogP) is 1.72. The third-order valence-electron chi connectivity index (χ3n) is 2.89. The van der Waals surface area contributed by atoms with Crippen LogP contribution in [0, 0.1) is 0 Å². The first-order valence-electron chi connectivity index (χ1n) is 6.27. The van der Waals surface area contributed by atoms with Crippen molar-refractivity contribution in [1.82, 2.24) is 9.78 Å². The average molecular weight is 311 g/mol. The normalized spacial score (nSPS) is 11.2. The molecule has 2 aromatic rings. The van der Waals surface area contributed by atoms with E-state index in [2.05, 4.69) is 9.82 Å². The van der Waals surface area contributed by atoms with E-state index in [1.807, 2.05) is 6.92 Å². The SMILES string of the molecule is CCn1cc(S(=O)(=O)Nc2cc(OC)ccc2OC)cn1. The number of aryl methyl sites for hydroxylation is 1. The zero-order chi connectivity index (χ0) is 15.5. The van der Waals surface area contributed by atoms with Gasteiger partial charge in [-0.1, -0.05) is 0 Å². The van der Waals surface area contributed by atoms with Crippen LogP contribution in [-0.2, 0) is 16.6 Å². The molecular formula is C13H17N3O4S. The summed E-state index contributed by atoms with van der Waals surface area (Å²) in [6.45, 7) is 2.47. The fraction of sp³-hybridized carbons (Fsp3) is 0.308. The first-order valence-corrected chi connectivity index (χ1v) is 7.75. The molecule has 8 heteroatoms. The second-order valence-electron chi connectivity index (χ2n) is 4.20. The Kier molecular flexibility index (Phi) is 4.37. The highest BCUT2D eigenvalue weighted by Gasteiger charge is 2.19. The smallest absolute Gasteiger partial charge is 0.265 e. The Labute approximate surface area is 123 Å². The van der Waals surface area contributed by atoms with Crippen molar-refractivity contribution >= 4 is 15.7 Å². The molecule has 21 heavy (non-hydrogen) atoms. The van der Waals surface area contributed by atoms with Gasteiger partial charge in [0.05, 0.1) is 26.1 Å². The van der Waals surface area contributed by atoms with Crippen LogP contribution in [0.25, 0.3) is 0 Å². The Morgan fingerprint density at radius 1 is 1.29 bits per heavy atom. The quantitative estimate of drug-likeness (QED) is 0.878. The van der Waals surface area contributed by atoms with Crippen molar-refractivity contribution in [1.29, 1.82) is 0 Å². The summed E-state index contributed by atoms with van der Waals surface area (Å²) >= 11 is 0. The maximum atomic E-state index is 12.3. The summed E-state index contributed by atoms with van der Waals surface area (Å²) < 4.78 is 38.9. The molecule has 0 amide bonds. The van der Waals surface area contributed by atoms with Crippen LogP contribution in [0.4, 0.5) is 5.69 Å². The molecule has 1 aromatic heterocycles. The van der Waals surface area contributed by atoms with Crippen LogP contribution in [0.1, 0.15) is 6.92 Å². The second-order valence-corrected chi connectivity index (χ2v) is 5.89. The maximum Gasteiger partial charge on any atom is 0.265 e. The number of benzene rings is 1. The lowest BCUT2D eigenvalue weighted by Gasteiger charge is -2.12. The molecule has 0 aliphatic carbocycles. The molecule has 1 heterocycles. The Bertz CT molecular complexity index is 725. The minimum atomic E-state index is -3.73. The van der Waals surface area contributed by atoms with Crippen LogP contribution in [0.15, 0.2) is 35.5 Å². The number of rotatable bonds is 6. The van der Waals surface area contributed by atoms with E-state index in [4.69, 9.17) is 9.47 Å². The standard InChI is InChI=1S/C13H17N3O4S/c1-4-16-9-11(8-14-16)21(17,18)15-12-7-10(19-2)5-6-13(12)20-3/h5-9,15H,4H2,1-3H3. The number of nitrogens with zero attached hydrogens (tertiary/aromatic N) is 2. The van der Waals surface area contributed by atoms with Gasteiger partial charge < -0.3 is 9.47 Å². The topological polar surface area (TPSA) is 82.5 Å². The van der Waals surface area contributed by atoms with Gasteiger partial charge in [-0.05, 0) is 19.1 Å². The highest BCUT2D eigenvalue weighted by molar-refractivity contribution is 7.92. The molecule has 0 bridgehead atoms. The van der Waals surface area contributed by atoms with Crippen LogP contribution in [-0.4, -0.2) is 32.4 Å². The highest BCUT2D eigenvalue weighted by Crippen LogP contribution is 2.30. The monoisotopic (exact) mass is 311 g/mol.